The van der Waals surface area contributed by atoms with Crippen molar-refractivity contribution >= 4 is 23.8 Å². The topological polar surface area (TPSA) is 174 Å². The smallest absolute Gasteiger partial charge is 0.336 e. The number of amides is 1. The number of rotatable bonds is 12. The molecule has 1 amide bonds. The number of piperidine rings is 1. The molecule has 1 heterocycles. The van der Waals surface area contributed by atoms with Gasteiger partial charge in [-0.25, -0.2) is 4.79 Å². The van der Waals surface area contributed by atoms with Crippen LogP contribution in [0.4, 0.5) is 0 Å². The molecule has 1 fully saturated rings. The van der Waals surface area contributed by atoms with Crippen molar-refractivity contribution in [3.63, 3.8) is 0 Å². The fourth-order valence-corrected chi connectivity index (χ4v) is 3.94. The maximum atomic E-state index is 12.4. The second-order valence-corrected chi connectivity index (χ2v) is 9.00. The first kappa shape index (κ1) is 30.9. The van der Waals surface area contributed by atoms with Gasteiger partial charge in [-0.15, -0.1) is 0 Å². The Balaban J connectivity index is 0.000000426. The van der Waals surface area contributed by atoms with Gasteiger partial charge in [-0.05, 0) is 45.3 Å². The summed E-state index contributed by atoms with van der Waals surface area (Å²) in [6.07, 6.45) is 2.96. The van der Waals surface area contributed by atoms with Crippen molar-refractivity contribution in [2.24, 2.45) is 0 Å². The average Bonchev–Trinajstić information content (AvgIpc) is 2.78. The number of nitrogens with one attached hydrogen (secondary N) is 1. The molecule has 1 saturated heterocycles. The lowest BCUT2D eigenvalue weighted by molar-refractivity contribution is -0.170. The van der Waals surface area contributed by atoms with Gasteiger partial charge in [0.2, 0.25) is 5.91 Å². The summed E-state index contributed by atoms with van der Waals surface area (Å²) in [4.78, 5) is 45.4. The summed E-state index contributed by atoms with van der Waals surface area (Å²) in [7, 11) is 1.65. The van der Waals surface area contributed by atoms with E-state index in [-0.39, 0.29) is 11.9 Å². The van der Waals surface area contributed by atoms with Crippen LogP contribution in [0, 0.1) is 6.92 Å². The zero-order valence-electron chi connectivity index (χ0n) is 21.2. The van der Waals surface area contributed by atoms with Gasteiger partial charge in [0.05, 0.1) is 26.4 Å². The number of carbonyl (C=O) groups excluding carboxylic acids is 1. The quantitative estimate of drug-likeness (QED) is 0.278. The van der Waals surface area contributed by atoms with Crippen molar-refractivity contribution < 1.29 is 44.3 Å². The Bertz CT molecular complexity index is 882. The van der Waals surface area contributed by atoms with Crippen LogP contribution in [0.25, 0.3) is 0 Å². The molecule has 1 aliphatic heterocycles. The molecule has 202 valence electrons. The van der Waals surface area contributed by atoms with E-state index in [0.717, 1.165) is 42.9 Å². The molecule has 1 atom stereocenters. The predicted octanol–water partition coefficient (Wildman–Crippen LogP) is 1.68. The van der Waals surface area contributed by atoms with E-state index in [0.29, 0.717) is 6.42 Å². The number of aliphatic hydroxyl groups is 1. The third-order valence-electron chi connectivity index (χ3n) is 5.86. The van der Waals surface area contributed by atoms with Crippen LogP contribution < -0.4 is 10.1 Å². The first-order chi connectivity index (χ1) is 16.9. The fourth-order valence-electron chi connectivity index (χ4n) is 3.94. The van der Waals surface area contributed by atoms with Crippen LogP contribution in [0.1, 0.15) is 56.6 Å². The van der Waals surface area contributed by atoms with Crippen LogP contribution in [0.2, 0.25) is 0 Å². The first-order valence-corrected chi connectivity index (χ1v) is 11.9. The van der Waals surface area contributed by atoms with E-state index in [1.165, 1.54) is 19.3 Å². The van der Waals surface area contributed by atoms with E-state index in [9.17, 15) is 19.2 Å². The number of aliphatic carboxylic acids is 3. The zero-order valence-corrected chi connectivity index (χ0v) is 21.2. The highest BCUT2D eigenvalue weighted by atomic mass is 16.5. The fraction of sp³-hybridized carbons (Fsp3) is 0.600. The summed E-state index contributed by atoms with van der Waals surface area (Å²) >= 11 is 0. The molecule has 0 aromatic heterocycles. The second-order valence-electron chi connectivity index (χ2n) is 9.00. The Hall–Kier alpha value is -3.18. The Morgan fingerprint density at radius 3 is 2.11 bits per heavy atom. The van der Waals surface area contributed by atoms with Gasteiger partial charge in [-0.2, -0.15) is 0 Å². The molecule has 36 heavy (non-hydrogen) atoms. The van der Waals surface area contributed by atoms with E-state index in [1.54, 1.807) is 7.11 Å². The molecule has 1 unspecified atom stereocenters. The molecule has 1 aromatic rings. The van der Waals surface area contributed by atoms with Crippen LogP contribution in [0.3, 0.4) is 0 Å². The molecular weight excluding hydrogens is 472 g/mol. The molecule has 11 nitrogen and oxygen atoms in total. The van der Waals surface area contributed by atoms with E-state index in [2.05, 4.69) is 17.1 Å². The summed E-state index contributed by atoms with van der Waals surface area (Å²) < 4.78 is 5.37. The van der Waals surface area contributed by atoms with Crippen molar-refractivity contribution in [3.8, 4) is 5.75 Å². The number of carboxylic acids is 3. The Morgan fingerprint density at radius 2 is 1.64 bits per heavy atom. The standard InChI is InChI=1S/C19H30N2O2.C6H8O7/c1-4-17(14-21-10-6-5-7-11-21)20-19(22)13-16-12-15(2)8-9-18(16)23-3;7-3(8)1-6(13,5(11)12)2-4(9)10/h8-9,12,17H,4-7,10-11,13-14H2,1-3H3,(H,20,22);13H,1-2H2,(H,7,8)(H,9,10)(H,11,12). The summed E-state index contributed by atoms with van der Waals surface area (Å²) in [5.74, 6) is -4.15. The number of methoxy groups -OCH3 is 1. The Morgan fingerprint density at radius 1 is 1.06 bits per heavy atom. The maximum Gasteiger partial charge on any atom is 0.336 e. The second kappa shape index (κ2) is 15.0. The van der Waals surface area contributed by atoms with Crippen molar-refractivity contribution in [2.75, 3.05) is 26.7 Å². The zero-order chi connectivity index (χ0) is 27.3. The molecule has 0 aliphatic carbocycles. The van der Waals surface area contributed by atoms with Crippen molar-refractivity contribution in [2.45, 2.75) is 70.4 Å². The first-order valence-electron chi connectivity index (χ1n) is 11.9. The minimum atomic E-state index is -2.74. The third-order valence-corrected chi connectivity index (χ3v) is 5.86. The average molecular weight is 511 g/mol. The van der Waals surface area contributed by atoms with Gasteiger partial charge in [0.1, 0.15) is 5.75 Å². The minimum Gasteiger partial charge on any atom is -0.496 e. The summed E-state index contributed by atoms with van der Waals surface area (Å²) in [6.45, 7) is 7.47. The van der Waals surface area contributed by atoms with Gasteiger partial charge in [0.25, 0.3) is 0 Å². The van der Waals surface area contributed by atoms with Crippen LogP contribution in [-0.2, 0) is 25.6 Å². The summed E-state index contributed by atoms with van der Waals surface area (Å²) in [5.41, 5.74) is -0.635. The highest BCUT2D eigenvalue weighted by molar-refractivity contribution is 5.88. The van der Waals surface area contributed by atoms with Gasteiger partial charge in [-0.1, -0.05) is 31.0 Å². The number of ether oxygens (including phenoxy) is 1. The highest BCUT2D eigenvalue weighted by Gasteiger charge is 2.40. The number of likely N-dealkylation sites (tertiary alicyclic amines) is 1. The Kier molecular flexibility index (Phi) is 12.9. The Labute approximate surface area is 211 Å². The van der Waals surface area contributed by atoms with Crippen molar-refractivity contribution in [1.82, 2.24) is 10.2 Å². The van der Waals surface area contributed by atoms with E-state index in [1.807, 2.05) is 25.1 Å². The summed E-state index contributed by atoms with van der Waals surface area (Å²) in [5, 5.41) is 37.0. The molecule has 1 aliphatic rings. The highest BCUT2D eigenvalue weighted by Crippen LogP contribution is 2.20. The van der Waals surface area contributed by atoms with E-state index >= 15 is 0 Å². The lowest BCUT2D eigenvalue weighted by atomic mass is 9.96. The predicted molar refractivity (Wildman–Crippen MR) is 131 cm³/mol. The molecule has 5 N–H and O–H groups in total. The number of nitrogens with zero attached hydrogens (tertiary/aromatic N) is 1. The van der Waals surface area contributed by atoms with E-state index in [4.69, 9.17) is 25.2 Å². The van der Waals surface area contributed by atoms with Gasteiger partial charge in [-0.3, -0.25) is 14.4 Å². The van der Waals surface area contributed by atoms with Crippen LogP contribution >= 0.6 is 0 Å². The van der Waals surface area contributed by atoms with Gasteiger partial charge >= 0.3 is 17.9 Å². The SMILES string of the molecule is CCC(CN1CCCCC1)NC(=O)Cc1cc(C)ccc1OC.O=C(O)CC(O)(CC(=O)O)C(=O)O. The molecule has 0 bridgehead atoms. The molecular formula is C25H38N2O9. The number of hydrogen-bond donors (Lipinski definition) is 5. The lowest BCUT2D eigenvalue weighted by Crippen LogP contribution is -2.45. The monoisotopic (exact) mass is 510 g/mol. The maximum absolute atomic E-state index is 12.4. The number of carboxylic acid groups (broad SMARTS) is 3. The molecule has 1 aromatic carbocycles. The van der Waals surface area contributed by atoms with Crippen LogP contribution in [-0.4, -0.2) is 87.5 Å². The lowest BCUT2D eigenvalue weighted by Gasteiger charge is -2.30. The number of hydrogen-bond acceptors (Lipinski definition) is 7. The third kappa shape index (κ3) is 11.0. The number of benzene rings is 1. The number of carbonyl (C=O) groups is 4. The summed E-state index contributed by atoms with van der Waals surface area (Å²) in [6, 6.07) is 6.20. The van der Waals surface area contributed by atoms with Crippen molar-refractivity contribution in [1.29, 1.82) is 0 Å². The van der Waals surface area contributed by atoms with Gasteiger partial charge < -0.3 is 35.4 Å². The van der Waals surface area contributed by atoms with Crippen LogP contribution in [0.15, 0.2) is 18.2 Å². The molecule has 2 rings (SSSR count). The molecule has 0 spiro atoms. The molecule has 11 heteroatoms. The van der Waals surface area contributed by atoms with Crippen LogP contribution in [0.5, 0.6) is 5.75 Å². The normalized spacial score (nSPS) is 14.7. The number of aryl methyl sites for hydroxylation is 1. The molecule has 0 radical (unpaired) electrons. The molecule has 0 saturated carbocycles. The largest absolute Gasteiger partial charge is 0.496 e. The van der Waals surface area contributed by atoms with Gasteiger partial charge in [0, 0.05) is 18.2 Å². The van der Waals surface area contributed by atoms with E-state index < -0.39 is 36.4 Å². The van der Waals surface area contributed by atoms with Crippen molar-refractivity contribution in [3.05, 3.63) is 29.3 Å². The minimum absolute atomic E-state index is 0.0813. The van der Waals surface area contributed by atoms with Gasteiger partial charge in [0.15, 0.2) is 5.60 Å².